The summed E-state index contributed by atoms with van der Waals surface area (Å²) in [5.74, 6) is -0.00714. The molecule has 18 heavy (non-hydrogen) atoms. The lowest BCUT2D eigenvalue weighted by atomic mass is 10.1. The zero-order chi connectivity index (χ0) is 13.5. The minimum absolute atomic E-state index is 0.00311. The number of aliphatic hydroxyl groups excluding tert-OH is 1. The predicted octanol–water partition coefficient (Wildman–Crippen LogP) is 2.14. The summed E-state index contributed by atoms with van der Waals surface area (Å²) in [6.45, 7) is 2.69. The van der Waals surface area contributed by atoms with Crippen LogP contribution in [0.5, 0.6) is 5.75 Å². The number of hydrogen-bond donors (Lipinski definition) is 3. The Labute approximate surface area is 121 Å². The quantitative estimate of drug-likeness (QED) is 0.536. The minimum atomic E-state index is -0.261. The molecule has 5 heteroatoms. The standard InChI is InChI=1S/C13H18INO3/c1-9(8-16)3-2-6-15-13(18)11-7-10(14)4-5-12(11)17/h4-5,7,9,16-17H,2-3,6,8H2,1H3,(H,15,18). The zero-order valence-electron chi connectivity index (χ0n) is 10.3. The second kappa shape index (κ2) is 7.58. The molecule has 0 aliphatic heterocycles. The normalized spacial score (nSPS) is 12.2. The molecule has 1 atom stereocenters. The molecule has 0 bridgehead atoms. The molecule has 3 N–H and O–H groups in total. The van der Waals surface area contributed by atoms with E-state index in [9.17, 15) is 9.90 Å². The van der Waals surface area contributed by atoms with Gasteiger partial charge in [0.05, 0.1) is 5.56 Å². The van der Waals surface area contributed by atoms with Crippen LogP contribution >= 0.6 is 22.6 Å². The van der Waals surface area contributed by atoms with Gasteiger partial charge >= 0.3 is 0 Å². The summed E-state index contributed by atoms with van der Waals surface area (Å²) in [4.78, 5) is 11.8. The van der Waals surface area contributed by atoms with E-state index in [1.54, 1.807) is 12.1 Å². The van der Waals surface area contributed by atoms with E-state index in [2.05, 4.69) is 27.9 Å². The summed E-state index contributed by atoms with van der Waals surface area (Å²) in [6, 6.07) is 4.92. The molecular weight excluding hydrogens is 345 g/mol. The number of phenolic OH excluding ortho intramolecular Hbond substituents is 1. The van der Waals surface area contributed by atoms with Crippen molar-refractivity contribution in [3.63, 3.8) is 0 Å². The number of phenols is 1. The molecule has 0 aromatic heterocycles. The summed E-state index contributed by atoms with van der Waals surface area (Å²) in [5.41, 5.74) is 0.303. The fourth-order valence-corrected chi connectivity index (χ4v) is 2.02. The summed E-state index contributed by atoms with van der Waals surface area (Å²) >= 11 is 2.10. The van der Waals surface area contributed by atoms with Crippen LogP contribution in [0.25, 0.3) is 0 Å². The Kier molecular flexibility index (Phi) is 6.42. The van der Waals surface area contributed by atoms with Crippen molar-refractivity contribution in [3.05, 3.63) is 27.3 Å². The molecule has 0 fully saturated rings. The third kappa shape index (κ3) is 4.81. The molecule has 1 amide bonds. The predicted molar refractivity (Wildman–Crippen MR) is 78.6 cm³/mol. The van der Waals surface area contributed by atoms with Crippen molar-refractivity contribution < 1.29 is 15.0 Å². The van der Waals surface area contributed by atoms with Crippen LogP contribution in [0.2, 0.25) is 0 Å². The van der Waals surface area contributed by atoms with Gasteiger partial charge in [-0.25, -0.2) is 0 Å². The number of hydrogen-bond acceptors (Lipinski definition) is 3. The third-order valence-corrected chi connectivity index (χ3v) is 3.35. The van der Waals surface area contributed by atoms with Crippen molar-refractivity contribution in [2.45, 2.75) is 19.8 Å². The zero-order valence-corrected chi connectivity index (χ0v) is 12.5. The Morgan fingerprint density at radius 1 is 1.50 bits per heavy atom. The summed E-state index contributed by atoms with van der Waals surface area (Å²) in [5, 5.41) is 21.2. The highest BCUT2D eigenvalue weighted by Gasteiger charge is 2.10. The van der Waals surface area contributed by atoms with Gasteiger partial charge in [-0.3, -0.25) is 4.79 Å². The highest BCUT2D eigenvalue weighted by atomic mass is 127. The molecular formula is C13H18INO3. The maximum absolute atomic E-state index is 11.8. The largest absolute Gasteiger partial charge is 0.507 e. The Morgan fingerprint density at radius 2 is 2.22 bits per heavy atom. The first kappa shape index (κ1) is 15.2. The van der Waals surface area contributed by atoms with Crippen LogP contribution in [0.3, 0.4) is 0 Å². The number of carbonyl (C=O) groups is 1. The highest BCUT2D eigenvalue weighted by molar-refractivity contribution is 14.1. The van der Waals surface area contributed by atoms with Crippen molar-refractivity contribution in [1.82, 2.24) is 5.32 Å². The number of halogens is 1. The summed E-state index contributed by atoms with van der Waals surface area (Å²) in [7, 11) is 0. The average molecular weight is 363 g/mol. The SMILES string of the molecule is CC(CO)CCCNC(=O)c1cc(I)ccc1O. The fraction of sp³-hybridized carbons (Fsp3) is 0.462. The van der Waals surface area contributed by atoms with Gasteiger partial charge in [0, 0.05) is 16.7 Å². The smallest absolute Gasteiger partial charge is 0.255 e. The van der Waals surface area contributed by atoms with Crippen LogP contribution in [0, 0.1) is 9.49 Å². The van der Waals surface area contributed by atoms with E-state index >= 15 is 0 Å². The second-order valence-corrected chi connectivity index (χ2v) is 5.59. The van der Waals surface area contributed by atoms with E-state index in [1.807, 2.05) is 6.92 Å². The van der Waals surface area contributed by atoms with E-state index in [0.29, 0.717) is 12.1 Å². The lowest BCUT2D eigenvalue weighted by molar-refractivity contribution is 0.0949. The number of aliphatic hydroxyl groups is 1. The van der Waals surface area contributed by atoms with Crippen molar-refractivity contribution in [2.24, 2.45) is 5.92 Å². The van der Waals surface area contributed by atoms with E-state index in [1.165, 1.54) is 6.07 Å². The molecule has 100 valence electrons. The van der Waals surface area contributed by atoms with Crippen LogP contribution in [0.4, 0.5) is 0 Å². The maximum atomic E-state index is 11.8. The molecule has 0 saturated carbocycles. The van der Waals surface area contributed by atoms with Gasteiger partial charge in [-0.1, -0.05) is 6.92 Å². The Balaban J connectivity index is 2.43. The first-order valence-corrected chi connectivity index (χ1v) is 7.00. The Hall–Kier alpha value is -0.820. The van der Waals surface area contributed by atoms with Gasteiger partial charge in [-0.2, -0.15) is 0 Å². The molecule has 1 unspecified atom stereocenters. The molecule has 0 saturated heterocycles. The number of nitrogens with one attached hydrogen (secondary N) is 1. The fourth-order valence-electron chi connectivity index (χ4n) is 1.53. The molecule has 0 heterocycles. The molecule has 0 aliphatic carbocycles. The van der Waals surface area contributed by atoms with E-state index < -0.39 is 0 Å². The van der Waals surface area contributed by atoms with Crippen molar-refractivity contribution in [1.29, 1.82) is 0 Å². The highest BCUT2D eigenvalue weighted by Crippen LogP contribution is 2.19. The molecule has 0 aliphatic rings. The van der Waals surface area contributed by atoms with Crippen LogP contribution in [-0.2, 0) is 0 Å². The second-order valence-electron chi connectivity index (χ2n) is 4.35. The van der Waals surface area contributed by atoms with E-state index in [4.69, 9.17) is 5.11 Å². The minimum Gasteiger partial charge on any atom is -0.507 e. The van der Waals surface area contributed by atoms with Gasteiger partial charge in [0.2, 0.25) is 0 Å². The molecule has 1 rings (SSSR count). The van der Waals surface area contributed by atoms with Crippen molar-refractivity contribution in [3.8, 4) is 5.75 Å². The summed E-state index contributed by atoms with van der Waals surface area (Å²) < 4.78 is 0.907. The monoisotopic (exact) mass is 363 g/mol. The van der Waals surface area contributed by atoms with Crippen molar-refractivity contribution in [2.75, 3.05) is 13.2 Å². The van der Waals surface area contributed by atoms with Crippen LogP contribution < -0.4 is 5.32 Å². The van der Waals surface area contributed by atoms with Crippen LogP contribution in [0.1, 0.15) is 30.1 Å². The molecule has 1 aromatic rings. The molecule has 4 nitrogen and oxygen atoms in total. The van der Waals surface area contributed by atoms with Crippen LogP contribution in [0.15, 0.2) is 18.2 Å². The first-order chi connectivity index (χ1) is 8.54. The maximum Gasteiger partial charge on any atom is 0.255 e. The summed E-state index contributed by atoms with van der Waals surface area (Å²) in [6.07, 6.45) is 1.69. The van der Waals surface area contributed by atoms with Gasteiger partial charge in [-0.15, -0.1) is 0 Å². The average Bonchev–Trinajstić information content (AvgIpc) is 2.36. The number of rotatable bonds is 6. The first-order valence-electron chi connectivity index (χ1n) is 5.92. The van der Waals surface area contributed by atoms with E-state index in [-0.39, 0.29) is 24.2 Å². The third-order valence-electron chi connectivity index (χ3n) is 2.67. The Bertz CT molecular complexity index is 409. The van der Waals surface area contributed by atoms with Gasteiger partial charge in [0.25, 0.3) is 5.91 Å². The van der Waals surface area contributed by atoms with Gasteiger partial charge in [-0.05, 0) is 59.5 Å². The van der Waals surface area contributed by atoms with Gasteiger partial charge in [0.1, 0.15) is 5.75 Å². The van der Waals surface area contributed by atoms with Gasteiger partial charge in [0.15, 0.2) is 0 Å². The lowest BCUT2D eigenvalue weighted by Crippen LogP contribution is -2.25. The van der Waals surface area contributed by atoms with Crippen molar-refractivity contribution >= 4 is 28.5 Å². The number of carbonyl (C=O) groups excluding carboxylic acids is 1. The number of aromatic hydroxyl groups is 1. The van der Waals surface area contributed by atoms with E-state index in [0.717, 1.165) is 16.4 Å². The Morgan fingerprint density at radius 3 is 2.89 bits per heavy atom. The molecule has 0 radical (unpaired) electrons. The number of benzene rings is 1. The molecule has 0 spiro atoms. The molecule has 1 aromatic carbocycles. The topological polar surface area (TPSA) is 69.6 Å². The number of amides is 1. The van der Waals surface area contributed by atoms with Gasteiger partial charge < -0.3 is 15.5 Å². The van der Waals surface area contributed by atoms with Crippen LogP contribution in [-0.4, -0.2) is 29.3 Å². The lowest BCUT2D eigenvalue weighted by Gasteiger charge is -2.09.